The fourth-order valence-corrected chi connectivity index (χ4v) is 3.94. The van der Waals surface area contributed by atoms with Crippen molar-refractivity contribution < 1.29 is 0 Å². The van der Waals surface area contributed by atoms with E-state index in [0.29, 0.717) is 6.04 Å². The Labute approximate surface area is 159 Å². The number of fused-ring (bicyclic) bond motifs is 3. The third kappa shape index (κ3) is 5.27. The Balaban J connectivity index is 0.00000192. The molecular formula is C15H27IN6S. The topological polar surface area (TPSA) is 55.8 Å². The van der Waals surface area contributed by atoms with Crippen molar-refractivity contribution in [3.05, 3.63) is 16.1 Å². The molecule has 1 aromatic rings. The Morgan fingerprint density at radius 2 is 2.13 bits per heavy atom. The largest absolute Gasteiger partial charge is 0.356 e. The summed E-state index contributed by atoms with van der Waals surface area (Å²) in [6, 6.07) is 0.614. The van der Waals surface area contributed by atoms with Crippen LogP contribution in [0.4, 0.5) is 0 Å². The first-order valence-electron chi connectivity index (χ1n) is 8.07. The monoisotopic (exact) mass is 450 g/mol. The molecule has 4 heterocycles. The minimum atomic E-state index is 0. The number of hydrogen-bond donors (Lipinski definition) is 2. The zero-order chi connectivity index (χ0) is 15.4. The van der Waals surface area contributed by atoms with Crippen LogP contribution >= 0.6 is 35.3 Å². The number of piperazine rings is 3. The van der Waals surface area contributed by atoms with E-state index in [4.69, 9.17) is 0 Å². The van der Waals surface area contributed by atoms with Crippen LogP contribution in [0.3, 0.4) is 0 Å². The highest BCUT2D eigenvalue weighted by Crippen LogP contribution is 2.14. The predicted octanol–water partition coefficient (Wildman–Crippen LogP) is 0.777. The first-order chi connectivity index (χ1) is 10.7. The number of halogens is 1. The second-order valence-electron chi connectivity index (χ2n) is 5.98. The summed E-state index contributed by atoms with van der Waals surface area (Å²) in [6.07, 6.45) is 2.89. The number of thiazole rings is 1. The summed E-state index contributed by atoms with van der Waals surface area (Å²) in [4.78, 5) is 15.1. The maximum Gasteiger partial charge on any atom is 0.191 e. The molecule has 0 amide bonds. The van der Waals surface area contributed by atoms with Crippen molar-refractivity contribution in [2.24, 2.45) is 4.99 Å². The SMILES string of the molecule is CN=C(NCCc1ncc(C)s1)NCC1CN2CCN1CC2.I. The summed E-state index contributed by atoms with van der Waals surface area (Å²) in [6.45, 7) is 10.00. The molecule has 3 fully saturated rings. The molecule has 0 radical (unpaired) electrons. The molecular weight excluding hydrogens is 423 g/mol. The van der Waals surface area contributed by atoms with Crippen LogP contribution < -0.4 is 10.6 Å². The number of rotatable bonds is 5. The third-order valence-electron chi connectivity index (χ3n) is 4.42. The first-order valence-corrected chi connectivity index (χ1v) is 8.88. The van der Waals surface area contributed by atoms with Gasteiger partial charge in [-0.15, -0.1) is 35.3 Å². The van der Waals surface area contributed by atoms with Gasteiger partial charge in [-0.3, -0.25) is 14.8 Å². The van der Waals surface area contributed by atoms with Crippen molar-refractivity contribution in [3.8, 4) is 0 Å². The van der Waals surface area contributed by atoms with Gasteiger partial charge in [0.15, 0.2) is 5.96 Å². The number of aromatic nitrogens is 1. The van der Waals surface area contributed by atoms with E-state index in [0.717, 1.165) is 25.5 Å². The summed E-state index contributed by atoms with van der Waals surface area (Å²) < 4.78 is 0. The van der Waals surface area contributed by atoms with Crippen LogP contribution in [0, 0.1) is 6.92 Å². The number of aliphatic imine (C=N–C) groups is 1. The van der Waals surface area contributed by atoms with Gasteiger partial charge in [0.05, 0.1) is 5.01 Å². The predicted molar refractivity (Wildman–Crippen MR) is 107 cm³/mol. The highest BCUT2D eigenvalue weighted by Gasteiger charge is 2.31. The number of nitrogens with one attached hydrogen (secondary N) is 2. The maximum atomic E-state index is 4.39. The average molecular weight is 450 g/mol. The van der Waals surface area contributed by atoms with Crippen LogP contribution in [-0.4, -0.2) is 79.6 Å². The van der Waals surface area contributed by atoms with Crippen molar-refractivity contribution in [1.29, 1.82) is 0 Å². The van der Waals surface area contributed by atoms with Gasteiger partial charge in [0.25, 0.3) is 0 Å². The van der Waals surface area contributed by atoms with E-state index in [1.54, 1.807) is 11.3 Å². The van der Waals surface area contributed by atoms with Crippen LogP contribution in [0.2, 0.25) is 0 Å². The Morgan fingerprint density at radius 3 is 2.70 bits per heavy atom. The van der Waals surface area contributed by atoms with Crippen LogP contribution in [0.25, 0.3) is 0 Å². The van der Waals surface area contributed by atoms with Gasteiger partial charge >= 0.3 is 0 Å². The van der Waals surface area contributed by atoms with E-state index in [9.17, 15) is 0 Å². The minimum absolute atomic E-state index is 0. The van der Waals surface area contributed by atoms with Crippen molar-refractivity contribution in [2.45, 2.75) is 19.4 Å². The van der Waals surface area contributed by atoms with Crippen LogP contribution in [0.1, 0.15) is 9.88 Å². The van der Waals surface area contributed by atoms with Crippen molar-refractivity contribution in [1.82, 2.24) is 25.4 Å². The Morgan fingerprint density at radius 1 is 1.35 bits per heavy atom. The fraction of sp³-hybridized carbons (Fsp3) is 0.733. The van der Waals surface area contributed by atoms with Crippen molar-refractivity contribution >= 4 is 41.3 Å². The molecule has 3 aliphatic rings. The van der Waals surface area contributed by atoms with Gasteiger partial charge in [0.1, 0.15) is 0 Å². The lowest BCUT2D eigenvalue weighted by molar-refractivity contribution is 0.0154. The molecule has 2 bridgehead atoms. The van der Waals surface area contributed by atoms with Crippen LogP contribution in [0.5, 0.6) is 0 Å². The van der Waals surface area contributed by atoms with Crippen molar-refractivity contribution in [3.63, 3.8) is 0 Å². The molecule has 1 atom stereocenters. The first kappa shape index (κ1) is 18.9. The van der Waals surface area contributed by atoms with E-state index >= 15 is 0 Å². The van der Waals surface area contributed by atoms with E-state index in [2.05, 4.69) is 37.3 Å². The van der Waals surface area contributed by atoms with E-state index in [-0.39, 0.29) is 24.0 Å². The minimum Gasteiger partial charge on any atom is -0.356 e. The van der Waals surface area contributed by atoms with Gasteiger partial charge in [-0.1, -0.05) is 0 Å². The lowest BCUT2D eigenvalue weighted by atomic mass is 10.1. The van der Waals surface area contributed by atoms with Gasteiger partial charge < -0.3 is 10.6 Å². The molecule has 1 unspecified atom stereocenters. The maximum absolute atomic E-state index is 4.39. The highest BCUT2D eigenvalue weighted by molar-refractivity contribution is 14.0. The lowest BCUT2D eigenvalue weighted by Gasteiger charge is -2.47. The lowest BCUT2D eigenvalue weighted by Crippen LogP contribution is -2.63. The molecule has 0 aromatic carbocycles. The molecule has 4 rings (SSSR count). The number of guanidine groups is 1. The Bertz CT molecular complexity index is 512. The molecule has 6 nitrogen and oxygen atoms in total. The van der Waals surface area contributed by atoms with Crippen molar-refractivity contribution in [2.75, 3.05) is 52.9 Å². The second-order valence-corrected chi connectivity index (χ2v) is 7.30. The van der Waals surface area contributed by atoms with Crippen LogP contribution in [0.15, 0.2) is 11.2 Å². The van der Waals surface area contributed by atoms with E-state index < -0.39 is 0 Å². The van der Waals surface area contributed by atoms with E-state index in [1.807, 2.05) is 13.2 Å². The van der Waals surface area contributed by atoms with E-state index in [1.165, 1.54) is 42.6 Å². The number of hydrogen-bond acceptors (Lipinski definition) is 5. The summed E-state index contributed by atoms with van der Waals surface area (Å²) in [7, 11) is 1.83. The van der Waals surface area contributed by atoms with Gasteiger partial charge in [-0.25, -0.2) is 4.98 Å². The standard InChI is InChI=1S/C15H26N6S.HI/c1-12-9-18-14(22-12)3-4-17-15(16-2)19-10-13-11-20-5-7-21(13)8-6-20;/h9,13H,3-8,10-11H2,1-2H3,(H2,16,17,19);1H. The molecule has 0 spiro atoms. The summed E-state index contributed by atoms with van der Waals surface area (Å²) in [5.41, 5.74) is 0. The number of aryl methyl sites for hydroxylation is 1. The summed E-state index contributed by atoms with van der Waals surface area (Å²) >= 11 is 1.77. The van der Waals surface area contributed by atoms with Gasteiger partial charge in [-0.2, -0.15) is 0 Å². The third-order valence-corrected chi connectivity index (χ3v) is 5.39. The summed E-state index contributed by atoms with van der Waals surface area (Å²) in [5.74, 6) is 0.894. The zero-order valence-electron chi connectivity index (χ0n) is 13.9. The van der Waals surface area contributed by atoms with Gasteiger partial charge in [-0.05, 0) is 6.92 Å². The molecule has 0 saturated carbocycles. The average Bonchev–Trinajstić information content (AvgIpc) is 2.97. The molecule has 1 aromatic heterocycles. The normalized spacial score (nSPS) is 26.7. The smallest absolute Gasteiger partial charge is 0.191 e. The molecule has 23 heavy (non-hydrogen) atoms. The quantitative estimate of drug-likeness (QED) is 0.395. The molecule has 2 N–H and O–H groups in total. The summed E-state index contributed by atoms with van der Waals surface area (Å²) in [5, 5.41) is 8.04. The zero-order valence-corrected chi connectivity index (χ0v) is 17.1. The Hall–Kier alpha value is -0.450. The Kier molecular flexibility index (Phi) is 7.51. The van der Waals surface area contributed by atoms with Gasteiger partial charge in [0.2, 0.25) is 0 Å². The fourth-order valence-electron chi connectivity index (χ4n) is 3.16. The van der Waals surface area contributed by atoms with Crippen LogP contribution in [-0.2, 0) is 6.42 Å². The number of nitrogens with zero attached hydrogens (tertiary/aromatic N) is 4. The highest BCUT2D eigenvalue weighted by atomic mass is 127. The molecule has 3 aliphatic heterocycles. The second kappa shape index (κ2) is 9.14. The van der Waals surface area contributed by atoms with Gasteiger partial charge in [0, 0.05) is 76.4 Å². The molecule has 130 valence electrons. The molecule has 8 heteroatoms. The molecule has 0 aliphatic carbocycles. The molecule has 3 saturated heterocycles.